The highest BCUT2D eigenvalue weighted by Crippen LogP contribution is 2.27. The van der Waals surface area contributed by atoms with Gasteiger partial charge in [0.25, 0.3) is 0 Å². The molecule has 15 heavy (non-hydrogen) atoms. The van der Waals surface area contributed by atoms with E-state index in [1.54, 1.807) is 11.3 Å². The fourth-order valence-corrected chi connectivity index (χ4v) is 3.50. The summed E-state index contributed by atoms with van der Waals surface area (Å²) in [6, 6.07) is 4.25. The van der Waals surface area contributed by atoms with E-state index in [1.807, 2.05) is 0 Å². The third kappa shape index (κ3) is 3.44. The van der Waals surface area contributed by atoms with E-state index < -0.39 is 0 Å². The van der Waals surface area contributed by atoms with Crippen molar-refractivity contribution >= 4 is 27.3 Å². The van der Waals surface area contributed by atoms with E-state index >= 15 is 0 Å². The maximum Gasteiger partial charge on any atom is 0.0723 e. The van der Waals surface area contributed by atoms with Crippen LogP contribution in [-0.2, 0) is 6.42 Å². The zero-order valence-corrected chi connectivity index (χ0v) is 11.0. The molecule has 1 nitrogen and oxygen atoms in total. The average molecular weight is 287 g/mol. The lowest BCUT2D eigenvalue weighted by atomic mass is 10.1. The first-order valence-electron chi connectivity index (χ1n) is 5.36. The fourth-order valence-electron chi connectivity index (χ4n) is 1.96. The molecule has 1 unspecified atom stereocenters. The van der Waals surface area contributed by atoms with Gasteiger partial charge in [0.15, 0.2) is 0 Å². The predicted molar refractivity (Wildman–Crippen MR) is 68.3 cm³/mol. The maximum absolute atomic E-state index is 9.66. The molecule has 1 N–H and O–H groups in total. The van der Waals surface area contributed by atoms with Gasteiger partial charge < -0.3 is 5.11 Å². The summed E-state index contributed by atoms with van der Waals surface area (Å²) in [6.07, 6.45) is 7.29. The van der Waals surface area contributed by atoms with Crippen LogP contribution < -0.4 is 0 Å². The van der Waals surface area contributed by atoms with Crippen LogP contribution in [0.1, 0.15) is 30.6 Å². The van der Waals surface area contributed by atoms with Gasteiger partial charge in [0.2, 0.25) is 0 Å². The molecule has 1 atom stereocenters. The Bertz CT molecular complexity index is 356. The standard InChI is InChI=1S/C12H15BrOS/c13-12-6-5-11(15-12)8-9-3-1-2-4-10(14)7-9/h5-7,10,14H,1-4,8H2. The van der Waals surface area contributed by atoms with Crippen LogP contribution in [0.15, 0.2) is 27.6 Å². The van der Waals surface area contributed by atoms with Gasteiger partial charge in [0.05, 0.1) is 9.89 Å². The minimum Gasteiger partial charge on any atom is -0.389 e. The van der Waals surface area contributed by atoms with Crippen LogP contribution in [0, 0.1) is 0 Å². The van der Waals surface area contributed by atoms with Crippen LogP contribution in [0.25, 0.3) is 0 Å². The number of allylic oxidation sites excluding steroid dienone is 1. The van der Waals surface area contributed by atoms with Gasteiger partial charge in [-0.3, -0.25) is 0 Å². The molecule has 0 aliphatic heterocycles. The fraction of sp³-hybridized carbons (Fsp3) is 0.500. The summed E-state index contributed by atoms with van der Waals surface area (Å²) in [6.45, 7) is 0. The van der Waals surface area contributed by atoms with Gasteiger partial charge in [-0.1, -0.05) is 18.1 Å². The molecule has 0 bridgehead atoms. The van der Waals surface area contributed by atoms with Gasteiger partial charge in [-0.15, -0.1) is 11.3 Å². The molecule has 1 aliphatic rings. The Morgan fingerprint density at radius 2 is 2.27 bits per heavy atom. The first-order chi connectivity index (χ1) is 7.24. The largest absolute Gasteiger partial charge is 0.389 e. The van der Waals surface area contributed by atoms with Crippen molar-refractivity contribution < 1.29 is 5.11 Å². The van der Waals surface area contributed by atoms with E-state index in [0.29, 0.717) is 0 Å². The smallest absolute Gasteiger partial charge is 0.0723 e. The van der Waals surface area contributed by atoms with Crippen LogP contribution in [-0.4, -0.2) is 11.2 Å². The molecule has 2 rings (SSSR count). The number of hydrogen-bond donors (Lipinski definition) is 1. The normalized spacial score (nSPS) is 22.3. The van der Waals surface area contributed by atoms with Crippen LogP contribution in [0.2, 0.25) is 0 Å². The second kappa shape index (κ2) is 5.28. The summed E-state index contributed by atoms with van der Waals surface area (Å²) < 4.78 is 1.19. The predicted octanol–water partition coefficient (Wildman–Crippen LogP) is 3.91. The van der Waals surface area contributed by atoms with Crippen LogP contribution >= 0.6 is 27.3 Å². The Morgan fingerprint density at radius 1 is 1.40 bits per heavy atom. The van der Waals surface area contributed by atoms with Crippen LogP contribution in [0.3, 0.4) is 0 Å². The van der Waals surface area contributed by atoms with E-state index in [2.05, 4.69) is 34.1 Å². The number of rotatable bonds is 2. The van der Waals surface area contributed by atoms with Crippen molar-refractivity contribution in [1.29, 1.82) is 0 Å². The number of aliphatic hydroxyl groups is 1. The highest BCUT2D eigenvalue weighted by atomic mass is 79.9. The summed E-state index contributed by atoms with van der Waals surface area (Å²) in [7, 11) is 0. The van der Waals surface area contributed by atoms with Crippen molar-refractivity contribution in [2.45, 2.75) is 38.2 Å². The monoisotopic (exact) mass is 286 g/mol. The van der Waals surface area contributed by atoms with Gasteiger partial charge in [-0.2, -0.15) is 0 Å². The lowest BCUT2D eigenvalue weighted by Gasteiger charge is -2.04. The summed E-state index contributed by atoms with van der Waals surface area (Å²) in [4.78, 5) is 1.38. The molecule has 1 aliphatic carbocycles. The minimum atomic E-state index is -0.217. The third-order valence-corrected chi connectivity index (χ3v) is 4.33. The molecule has 82 valence electrons. The summed E-state index contributed by atoms with van der Waals surface area (Å²) >= 11 is 5.26. The van der Waals surface area contributed by atoms with E-state index in [0.717, 1.165) is 25.7 Å². The second-order valence-electron chi connectivity index (χ2n) is 4.02. The summed E-state index contributed by atoms with van der Waals surface area (Å²) in [5.74, 6) is 0. The topological polar surface area (TPSA) is 20.2 Å². The number of hydrogen-bond acceptors (Lipinski definition) is 2. The third-order valence-electron chi connectivity index (χ3n) is 2.71. The Hall–Kier alpha value is -0.120. The zero-order chi connectivity index (χ0) is 10.7. The molecule has 1 aromatic heterocycles. The highest BCUT2D eigenvalue weighted by Gasteiger charge is 2.10. The van der Waals surface area contributed by atoms with Crippen molar-refractivity contribution in [2.24, 2.45) is 0 Å². The molecule has 1 heterocycles. The Kier molecular flexibility index (Phi) is 4.00. The molecule has 3 heteroatoms. The van der Waals surface area contributed by atoms with Gasteiger partial charge in [0.1, 0.15) is 0 Å². The molecule has 0 fully saturated rings. The van der Waals surface area contributed by atoms with Crippen molar-refractivity contribution in [1.82, 2.24) is 0 Å². The first kappa shape index (κ1) is 11.4. The Morgan fingerprint density at radius 3 is 3.00 bits per heavy atom. The number of halogens is 1. The molecule has 1 aromatic rings. The van der Waals surface area contributed by atoms with Crippen LogP contribution in [0.4, 0.5) is 0 Å². The minimum absolute atomic E-state index is 0.217. The Labute approximate surface area is 103 Å². The molecular weight excluding hydrogens is 272 g/mol. The van der Waals surface area contributed by atoms with Crippen molar-refractivity contribution in [3.05, 3.63) is 32.4 Å². The van der Waals surface area contributed by atoms with Crippen molar-refractivity contribution in [3.8, 4) is 0 Å². The maximum atomic E-state index is 9.66. The molecule has 0 saturated heterocycles. The average Bonchev–Trinajstić information content (AvgIpc) is 2.46. The second-order valence-corrected chi connectivity index (χ2v) is 6.57. The first-order valence-corrected chi connectivity index (χ1v) is 6.97. The van der Waals surface area contributed by atoms with E-state index in [9.17, 15) is 5.11 Å². The zero-order valence-electron chi connectivity index (χ0n) is 8.58. The highest BCUT2D eigenvalue weighted by molar-refractivity contribution is 9.11. The molecule has 0 radical (unpaired) electrons. The van der Waals surface area contributed by atoms with Crippen molar-refractivity contribution in [3.63, 3.8) is 0 Å². The summed E-state index contributed by atoms with van der Waals surface area (Å²) in [5.41, 5.74) is 1.40. The molecular formula is C12H15BrOS. The SMILES string of the molecule is OC1C=C(Cc2ccc(Br)s2)CCCC1. The van der Waals surface area contributed by atoms with Gasteiger partial charge >= 0.3 is 0 Å². The lowest BCUT2D eigenvalue weighted by molar-refractivity contribution is 0.211. The van der Waals surface area contributed by atoms with E-state index in [4.69, 9.17) is 0 Å². The molecule has 0 spiro atoms. The Balaban J connectivity index is 2.04. The molecule has 0 amide bonds. The van der Waals surface area contributed by atoms with Gasteiger partial charge in [0, 0.05) is 11.3 Å². The lowest BCUT2D eigenvalue weighted by Crippen LogP contribution is -2.00. The number of aliphatic hydroxyl groups excluding tert-OH is 1. The van der Waals surface area contributed by atoms with E-state index in [-0.39, 0.29) is 6.10 Å². The van der Waals surface area contributed by atoms with E-state index in [1.165, 1.54) is 20.7 Å². The van der Waals surface area contributed by atoms with Gasteiger partial charge in [-0.05, 0) is 47.3 Å². The summed E-state index contributed by atoms with van der Waals surface area (Å²) in [5, 5.41) is 9.66. The number of thiophene rings is 1. The molecule has 0 saturated carbocycles. The van der Waals surface area contributed by atoms with Gasteiger partial charge in [-0.25, -0.2) is 0 Å². The quantitative estimate of drug-likeness (QED) is 0.818. The van der Waals surface area contributed by atoms with Crippen LogP contribution in [0.5, 0.6) is 0 Å². The molecule has 0 aromatic carbocycles. The van der Waals surface area contributed by atoms with Crippen molar-refractivity contribution in [2.75, 3.05) is 0 Å².